The van der Waals surface area contributed by atoms with E-state index in [9.17, 15) is 4.79 Å². The van der Waals surface area contributed by atoms with E-state index in [0.717, 1.165) is 26.2 Å². The Morgan fingerprint density at radius 1 is 1.29 bits per heavy atom. The van der Waals surface area contributed by atoms with E-state index in [1.54, 1.807) is 0 Å². The molecule has 1 unspecified atom stereocenters. The topological polar surface area (TPSA) is 35.6 Å². The lowest BCUT2D eigenvalue weighted by molar-refractivity contribution is -0.129. The summed E-state index contributed by atoms with van der Waals surface area (Å²) < 4.78 is 0. The molecule has 2 fully saturated rings. The fraction of sp³-hybridized carbons (Fsp3) is 0.923. The van der Waals surface area contributed by atoms with Crippen molar-refractivity contribution in [2.75, 3.05) is 32.8 Å². The number of hydrogen-bond donors (Lipinski definition) is 1. The van der Waals surface area contributed by atoms with Crippen molar-refractivity contribution in [3.8, 4) is 0 Å². The van der Waals surface area contributed by atoms with Gasteiger partial charge < -0.3 is 9.80 Å². The van der Waals surface area contributed by atoms with Crippen molar-refractivity contribution >= 4 is 5.91 Å². The molecule has 98 valence electrons. The highest BCUT2D eigenvalue weighted by Gasteiger charge is 2.31. The van der Waals surface area contributed by atoms with E-state index < -0.39 is 0 Å². The minimum absolute atomic E-state index is 0.0748. The van der Waals surface area contributed by atoms with Crippen LogP contribution in [0.15, 0.2) is 0 Å². The first-order valence-electron chi connectivity index (χ1n) is 6.99. The lowest BCUT2D eigenvalue weighted by Crippen LogP contribution is -2.40. The van der Waals surface area contributed by atoms with Crippen LogP contribution in [0.1, 0.15) is 33.1 Å². The second-order valence-electron chi connectivity index (χ2n) is 5.26. The van der Waals surface area contributed by atoms with Crippen LogP contribution in [-0.4, -0.2) is 54.6 Å². The van der Waals surface area contributed by atoms with Gasteiger partial charge in [-0.25, -0.2) is 0 Å². The Bertz CT molecular complexity index is 261. The van der Waals surface area contributed by atoms with Gasteiger partial charge in [-0.15, -0.1) is 0 Å². The maximum atomic E-state index is 12.0. The van der Waals surface area contributed by atoms with Crippen molar-refractivity contribution in [1.29, 1.82) is 0 Å². The fourth-order valence-electron chi connectivity index (χ4n) is 2.88. The number of hydrogen-bond acceptors (Lipinski definition) is 3. The summed E-state index contributed by atoms with van der Waals surface area (Å²) >= 11 is 0. The van der Waals surface area contributed by atoms with E-state index in [0.29, 0.717) is 11.8 Å². The molecule has 1 amide bonds. The van der Waals surface area contributed by atoms with Gasteiger partial charge in [0.2, 0.25) is 5.91 Å². The van der Waals surface area contributed by atoms with E-state index in [1.165, 1.54) is 25.9 Å². The molecule has 0 saturated carbocycles. The third kappa shape index (κ3) is 2.99. The summed E-state index contributed by atoms with van der Waals surface area (Å²) in [4.78, 5) is 16.5. The van der Waals surface area contributed by atoms with Gasteiger partial charge in [0.05, 0.1) is 12.7 Å². The molecule has 2 saturated heterocycles. The Morgan fingerprint density at radius 3 is 2.53 bits per heavy atom. The molecule has 4 heteroatoms. The maximum Gasteiger partial charge on any atom is 0.240 e. The second kappa shape index (κ2) is 5.83. The molecule has 0 bridgehead atoms. The van der Waals surface area contributed by atoms with Crippen LogP contribution in [-0.2, 0) is 4.79 Å². The summed E-state index contributed by atoms with van der Waals surface area (Å²) in [5, 5.41) is 3.28. The second-order valence-corrected chi connectivity index (χ2v) is 5.26. The van der Waals surface area contributed by atoms with Crippen molar-refractivity contribution in [3.63, 3.8) is 0 Å². The molecule has 2 rings (SSSR count). The van der Waals surface area contributed by atoms with Crippen LogP contribution in [0.25, 0.3) is 0 Å². The molecular weight excluding hydrogens is 214 g/mol. The van der Waals surface area contributed by atoms with E-state index in [4.69, 9.17) is 0 Å². The molecule has 0 spiro atoms. The molecular formula is C13H25N3O. The van der Waals surface area contributed by atoms with Gasteiger partial charge in [0.25, 0.3) is 0 Å². The number of nitrogens with one attached hydrogen (secondary N) is 1. The van der Waals surface area contributed by atoms with Crippen LogP contribution < -0.4 is 5.32 Å². The SMILES string of the molecule is CCC1NCN(CC2CCN(CC)CC2)C1=O. The Kier molecular flexibility index (Phi) is 4.40. The average molecular weight is 239 g/mol. The Balaban J connectivity index is 1.77. The maximum absolute atomic E-state index is 12.0. The normalized spacial score (nSPS) is 28.0. The largest absolute Gasteiger partial charge is 0.328 e. The number of amides is 1. The third-order valence-corrected chi connectivity index (χ3v) is 4.18. The van der Waals surface area contributed by atoms with Gasteiger partial charge in [-0.05, 0) is 44.8 Å². The zero-order valence-corrected chi connectivity index (χ0v) is 11.1. The standard InChI is InChI=1S/C13H25N3O/c1-3-12-13(17)16(10-14-12)9-11-5-7-15(4-2)8-6-11/h11-12,14H,3-10H2,1-2H3. The van der Waals surface area contributed by atoms with Gasteiger partial charge in [-0.1, -0.05) is 13.8 Å². The number of likely N-dealkylation sites (tertiary alicyclic amines) is 1. The van der Waals surface area contributed by atoms with Crippen molar-refractivity contribution in [3.05, 3.63) is 0 Å². The van der Waals surface area contributed by atoms with E-state index in [-0.39, 0.29) is 6.04 Å². The monoisotopic (exact) mass is 239 g/mol. The van der Waals surface area contributed by atoms with Crippen LogP contribution in [0.4, 0.5) is 0 Å². The first-order chi connectivity index (χ1) is 8.24. The summed E-state index contributed by atoms with van der Waals surface area (Å²) in [5.74, 6) is 1.02. The molecule has 0 radical (unpaired) electrons. The van der Waals surface area contributed by atoms with Crippen LogP contribution in [0, 0.1) is 5.92 Å². The molecule has 0 aromatic heterocycles. The molecule has 1 N–H and O–H groups in total. The Morgan fingerprint density at radius 2 is 2.00 bits per heavy atom. The highest BCUT2D eigenvalue weighted by atomic mass is 16.2. The van der Waals surface area contributed by atoms with Gasteiger partial charge in [-0.2, -0.15) is 0 Å². The zero-order valence-electron chi connectivity index (χ0n) is 11.1. The summed E-state index contributed by atoms with van der Waals surface area (Å²) in [7, 11) is 0. The van der Waals surface area contributed by atoms with Crippen molar-refractivity contribution in [2.24, 2.45) is 5.92 Å². The number of nitrogens with zero attached hydrogens (tertiary/aromatic N) is 2. The molecule has 0 aliphatic carbocycles. The predicted molar refractivity (Wildman–Crippen MR) is 68.6 cm³/mol. The molecule has 0 aromatic rings. The predicted octanol–water partition coefficient (Wildman–Crippen LogP) is 0.886. The van der Waals surface area contributed by atoms with Crippen LogP contribution in [0.3, 0.4) is 0 Å². The highest BCUT2D eigenvalue weighted by molar-refractivity contribution is 5.83. The molecule has 17 heavy (non-hydrogen) atoms. The van der Waals surface area contributed by atoms with E-state index >= 15 is 0 Å². The van der Waals surface area contributed by atoms with Crippen LogP contribution >= 0.6 is 0 Å². The quantitative estimate of drug-likeness (QED) is 0.791. The van der Waals surface area contributed by atoms with Crippen molar-refractivity contribution < 1.29 is 4.79 Å². The van der Waals surface area contributed by atoms with Crippen molar-refractivity contribution in [1.82, 2.24) is 15.1 Å². The molecule has 4 nitrogen and oxygen atoms in total. The van der Waals surface area contributed by atoms with E-state index in [2.05, 4.69) is 24.1 Å². The Hall–Kier alpha value is -0.610. The third-order valence-electron chi connectivity index (χ3n) is 4.18. The number of carbonyl (C=O) groups excluding carboxylic acids is 1. The number of carbonyl (C=O) groups is 1. The van der Waals surface area contributed by atoms with Gasteiger partial charge in [0.1, 0.15) is 0 Å². The lowest BCUT2D eigenvalue weighted by Gasteiger charge is -2.33. The van der Waals surface area contributed by atoms with Gasteiger partial charge in [0, 0.05) is 6.54 Å². The lowest BCUT2D eigenvalue weighted by atomic mass is 9.96. The van der Waals surface area contributed by atoms with E-state index in [1.807, 2.05) is 4.90 Å². The first-order valence-corrected chi connectivity index (χ1v) is 6.99. The van der Waals surface area contributed by atoms with Gasteiger partial charge in [0.15, 0.2) is 0 Å². The van der Waals surface area contributed by atoms with Gasteiger partial charge in [-0.3, -0.25) is 10.1 Å². The first kappa shape index (κ1) is 12.8. The summed E-state index contributed by atoms with van der Waals surface area (Å²) in [6.45, 7) is 9.57. The number of rotatable bonds is 4. The van der Waals surface area contributed by atoms with Crippen LogP contribution in [0.5, 0.6) is 0 Å². The average Bonchev–Trinajstić information content (AvgIpc) is 2.71. The molecule has 0 aromatic carbocycles. The summed E-state index contributed by atoms with van der Waals surface area (Å²) in [6.07, 6.45) is 3.40. The smallest absolute Gasteiger partial charge is 0.240 e. The minimum atomic E-state index is 0.0748. The molecule has 2 aliphatic rings. The number of piperidine rings is 1. The van der Waals surface area contributed by atoms with Gasteiger partial charge >= 0.3 is 0 Å². The molecule has 2 heterocycles. The summed E-state index contributed by atoms with van der Waals surface area (Å²) in [5.41, 5.74) is 0. The van der Waals surface area contributed by atoms with Crippen LogP contribution in [0.2, 0.25) is 0 Å². The fourth-order valence-corrected chi connectivity index (χ4v) is 2.88. The Labute approximate surface area is 104 Å². The minimum Gasteiger partial charge on any atom is -0.328 e. The summed E-state index contributed by atoms with van der Waals surface area (Å²) in [6, 6.07) is 0.0748. The van der Waals surface area contributed by atoms with Crippen molar-refractivity contribution in [2.45, 2.75) is 39.2 Å². The zero-order chi connectivity index (χ0) is 12.3. The highest BCUT2D eigenvalue weighted by Crippen LogP contribution is 2.19. The molecule has 1 atom stereocenters. The molecule has 2 aliphatic heterocycles.